The van der Waals surface area contributed by atoms with Crippen molar-refractivity contribution in [2.45, 2.75) is 26.3 Å². The fourth-order valence-electron chi connectivity index (χ4n) is 2.15. The molecule has 0 spiro atoms. The summed E-state index contributed by atoms with van der Waals surface area (Å²) in [5.41, 5.74) is 4.15. The van der Waals surface area contributed by atoms with Crippen LogP contribution in [0.2, 0.25) is 0 Å². The zero-order valence-corrected chi connectivity index (χ0v) is 11.0. The maximum Gasteiger partial charge on any atom is 0.177 e. The highest BCUT2D eigenvalue weighted by molar-refractivity contribution is 5.78. The van der Waals surface area contributed by atoms with E-state index in [2.05, 4.69) is 32.5 Å². The Kier molecular flexibility index (Phi) is 3.23. The summed E-state index contributed by atoms with van der Waals surface area (Å²) in [5, 5.41) is 0. The van der Waals surface area contributed by atoms with Gasteiger partial charge in [0.1, 0.15) is 0 Å². The number of hydrogen-bond donors (Lipinski definition) is 0. The summed E-state index contributed by atoms with van der Waals surface area (Å²) >= 11 is 0. The van der Waals surface area contributed by atoms with Crippen LogP contribution in [-0.2, 0) is 6.54 Å². The molecule has 0 unspecified atom stereocenters. The van der Waals surface area contributed by atoms with Gasteiger partial charge in [-0.1, -0.05) is 13.3 Å². The molecule has 0 atom stereocenters. The summed E-state index contributed by atoms with van der Waals surface area (Å²) < 4.78 is 2.18. The third kappa shape index (κ3) is 2.34. The van der Waals surface area contributed by atoms with Crippen molar-refractivity contribution in [3.8, 4) is 11.1 Å². The normalized spacial score (nSPS) is 11.0. The molecule has 4 nitrogen and oxygen atoms in total. The molecule has 0 N–H and O–H groups in total. The molecule has 3 heterocycles. The van der Waals surface area contributed by atoms with E-state index in [4.69, 9.17) is 0 Å². The molecule has 0 aliphatic heterocycles. The smallest absolute Gasteiger partial charge is 0.177 e. The van der Waals surface area contributed by atoms with Gasteiger partial charge in [-0.15, -0.1) is 0 Å². The van der Waals surface area contributed by atoms with Gasteiger partial charge in [0.25, 0.3) is 0 Å². The van der Waals surface area contributed by atoms with Crippen molar-refractivity contribution >= 4 is 11.2 Å². The molecular weight excluding hydrogens is 236 g/mol. The lowest BCUT2D eigenvalue weighted by molar-refractivity contribution is 0.646. The molecule has 3 aromatic heterocycles. The molecule has 96 valence electrons. The Hall–Kier alpha value is -2.23. The van der Waals surface area contributed by atoms with E-state index in [-0.39, 0.29) is 0 Å². The van der Waals surface area contributed by atoms with Gasteiger partial charge in [0.2, 0.25) is 0 Å². The first kappa shape index (κ1) is 11.8. The molecule has 0 aromatic carbocycles. The maximum absolute atomic E-state index is 4.43. The molecule has 0 bridgehead atoms. The van der Waals surface area contributed by atoms with Crippen LogP contribution in [0.1, 0.15) is 19.8 Å². The molecular formula is C15H16N4. The van der Waals surface area contributed by atoms with Gasteiger partial charge in [0.15, 0.2) is 5.65 Å². The third-order valence-electron chi connectivity index (χ3n) is 3.24. The van der Waals surface area contributed by atoms with Crippen LogP contribution in [0.5, 0.6) is 0 Å². The van der Waals surface area contributed by atoms with Crippen LogP contribution in [0, 0.1) is 0 Å². The highest BCUT2D eigenvalue weighted by Gasteiger charge is 2.06. The first-order chi connectivity index (χ1) is 9.38. The number of unbranched alkanes of at least 4 members (excludes halogenated alkanes) is 1. The van der Waals surface area contributed by atoms with Gasteiger partial charge in [-0.3, -0.25) is 4.98 Å². The average molecular weight is 252 g/mol. The zero-order chi connectivity index (χ0) is 13.1. The Labute approximate surface area is 112 Å². The number of hydrogen-bond acceptors (Lipinski definition) is 3. The molecule has 0 fully saturated rings. The quantitative estimate of drug-likeness (QED) is 0.715. The van der Waals surface area contributed by atoms with Crippen LogP contribution in [0.25, 0.3) is 22.3 Å². The Morgan fingerprint density at radius 1 is 1.11 bits per heavy atom. The van der Waals surface area contributed by atoms with E-state index in [1.54, 1.807) is 12.4 Å². The van der Waals surface area contributed by atoms with Crippen molar-refractivity contribution in [3.63, 3.8) is 0 Å². The minimum absolute atomic E-state index is 0.814. The molecule has 0 aliphatic rings. The van der Waals surface area contributed by atoms with E-state index in [1.807, 2.05) is 24.7 Å². The SMILES string of the molecule is CCCCn1cnc2ncc(-c3ccncc3)cc21. The predicted molar refractivity (Wildman–Crippen MR) is 75.7 cm³/mol. The topological polar surface area (TPSA) is 43.6 Å². The molecule has 0 amide bonds. The van der Waals surface area contributed by atoms with Crippen molar-refractivity contribution in [1.29, 1.82) is 0 Å². The summed E-state index contributed by atoms with van der Waals surface area (Å²) in [7, 11) is 0. The number of aromatic nitrogens is 4. The lowest BCUT2D eigenvalue weighted by atomic mass is 10.1. The summed E-state index contributed by atoms with van der Waals surface area (Å²) in [4.78, 5) is 12.8. The lowest BCUT2D eigenvalue weighted by Gasteiger charge is -2.04. The van der Waals surface area contributed by atoms with Crippen molar-refractivity contribution < 1.29 is 0 Å². The Bertz CT molecular complexity index is 673. The van der Waals surface area contributed by atoms with Gasteiger partial charge in [-0.2, -0.15) is 0 Å². The summed E-state index contributed by atoms with van der Waals surface area (Å²) in [6.07, 6.45) is 9.68. The van der Waals surface area contributed by atoms with Crippen molar-refractivity contribution in [2.24, 2.45) is 0 Å². The van der Waals surface area contributed by atoms with E-state index in [9.17, 15) is 0 Å². The standard InChI is InChI=1S/C15H16N4/c1-2-3-8-19-11-18-15-14(19)9-13(10-17-15)12-4-6-16-7-5-12/h4-7,9-11H,2-3,8H2,1H3. The third-order valence-corrected chi connectivity index (χ3v) is 3.24. The van der Waals surface area contributed by atoms with Crippen LogP contribution in [0.4, 0.5) is 0 Å². The van der Waals surface area contributed by atoms with Gasteiger partial charge in [-0.25, -0.2) is 9.97 Å². The second-order valence-electron chi connectivity index (χ2n) is 4.59. The molecule has 19 heavy (non-hydrogen) atoms. The van der Waals surface area contributed by atoms with Gasteiger partial charge in [0, 0.05) is 30.7 Å². The van der Waals surface area contributed by atoms with Crippen LogP contribution < -0.4 is 0 Å². The van der Waals surface area contributed by atoms with Crippen LogP contribution in [-0.4, -0.2) is 19.5 Å². The first-order valence-corrected chi connectivity index (χ1v) is 6.60. The lowest BCUT2D eigenvalue weighted by Crippen LogP contribution is -1.95. The van der Waals surface area contributed by atoms with E-state index < -0.39 is 0 Å². The monoisotopic (exact) mass is 252 g/mol. The minimum Gasteiger partial charge on any atom is -0.329 e. The predicted octanol–water partition coefficient (Wildman–Crippen LogP) is 3.29. The van der Waals surface area contributed by atoms with Crippen molar-refractivity contribution in [3.05, 3.63) is 43.1 Å². The van der Waals surface area contributed by atoms with E-state index in [0.717, 1.165) is 35.3 Å². The highest BCUT2D eigenvalue weighted by atomic mass is 15.1. The second kappa shape index (κ2) is 5.18. The van der Waals surface area contributed by atoms with E-state index in [1.165, 1.54) is 6.42 Å². The molecule has 0 saturated carbocycles. The number of aryl methyl sites for hydroxylation is 1. The number of pyridine rings is 2. The zero-order valence-electron chi connectivity index (χ0n) is 11.0. The van der Waals surface area contributed by atoms with Gasteiger partial charge < -0.3 is 4.57 Å². The summed E-state index contributed by atoms with van der Waals surface area (Å²) in [5.74, 6) is 0. The minimum atomic E-state index is 0.814. The van der Waals surface area contributed by atoms with Crippen molar-refractivity contribution in [1.82, 2.24) is 19.5 Å². The number of rotatable bonds is 4. The maximum atomic E-state index is 4.43. The van der Waals surface area contributed by atoms with Crippen LogP contribution >= 0.6 is 0 Å². The number of fused-ring (bicyclic) bond motifs is 1. The van der Waals surface area contributed by atoms with Gasteiger partial charge in [-0.05, 0) is 30.2 Å². The number of imidazole rings is 1. The molecule has 0 saturated heterocycles. The molecule has 3 aromatic rings. The largest absolute Gasteiger partial charge is 0.329 e. The van der Waals surface area contributed by atoms with Gasteiger partial charge in [0.05, 0.1) is 11.8 Å². The van der Waals surface area contributed by atoms with Crippen LogP contribution in [0.15, 0.2) is 43.1 Å². The van der Waals surface area contributed by atoms with E-state index >= 15 is 0 Å². The molecule has 3 rings (SSSR count). The first-order valence-electron chi connectivity index (χ1n) is 6.60. The Morgan fingerprint density at radius 3 is 2.74 bits per heavy atom. The molecule has 0 aliphatic carbocycles. The fourth-order valence-corrected chi connectivity index (χ4v) is 2.15. The Balaban J connectivity index is 2.04. The fraction of sp³-hybridized carbons (Fsp3) is 0.267. The van der Waals surface area contributed by atoms with Gasteiger partial charge >= 0.3 is 0 Å². The molecule has 0 radical (unpaired) electrons. The average Bonchev–Trinajstić information content (AvgIpc) is 2.88. The van der Waals surface area contributed by atoms with E-state index in [0.29, 0.717) is 0 Å². The summed E-state index contributed by atoms with van der Waals surface area (Å²) in [6.45, 7) is 3.19. The molecule has 4 heteroatoms. The number of nitrogens with zero attached hydrogens (tertiary/aromatic N) is 4. The Morgan fingerprint density at radius 2 is 1.95 bits per heavy atom. The highest BCUT2D eigenvalue weighted by Crippen LogP contribution is 2.21. The summed E-state index contributed by atoms with van der Waals surface area (Å²) in [6, 6.07) is 6.14. The van der Waals surface area contributed by atoms with Crippen molar-refractivity contribution in [2.75, 3.05) is 0 Å². The second-order valence-corrected chi connectivity index (χ2v) is 4.59. The van der Waals surface area contributed by atoms with Crippen LogP contribution in [0.3, 0.4) is 0 Å².